The monoisotopic (exact) mass is 1400 g/mol. The summed E-state index contributed by atoms with van der Waals surface area (Å²) in [5, 5.41) is 13.4. The Labute approximate surface area is 620 Å². The zero-order chi connectivity index (χ0) is 71.0. The van der Waals surface area contributed by atoms with Gasteiger partial charge < -0.3 is 14.7 Å². The Morgan fingerprint density at radius 2 is 0.566 bits per heavy atom. The minimum Gasteiger partial charge on any atom is -0.311 e. The third-order valence-corrected chi connectivity index (χ3v) is 26.3. The fourth-order valence-corrected chi connectivity index (χ4v) is 20.5. The van der Waals surface area contributed by atoms with Crippen LogP contribution < -0.4 is 25.1 Å². The van der Waals surface area contributed by atoms with Crippen molar-refractivity contribution in [3.05, 3.63) is 358 Å². The highest BCUT2D eigenvalue weighted by Gasteiger charge is 2.39. The van der Waals surface area contributed by atoms with Crippen LogP contribution in [0.2, 0.25) is 13.1 Å². The number of hydrogen-bond acceptors (Lipinski definition) is 10. The molecular formula is C95H69N9SSi. The van der Waals surface area contributed by atoms with Gasteiger partial charge in [-0.1, -0.05) is 245 Å². The average molecular weight is 1400 g/mol. The van der Waals surface area contributed by atoms with E-state index in [-0.39, 0.29) is 5.41 Å². The first-order valence-electron chi connectivity index (χ1n) is 35.9. The van der Waals surface area contributed by atoms with Crippen LogP contribution >= 0.6 is 11.8 Å². The minimum atomic E-state index is -1.78. The third kappa shape index (κ3) is 10.8. The highest BCUT2D eigenvalue weighted by Crippen LogP contribution is 2.54. The maximum atomic E-state index is 4.56. The summed E-state index contributed by atoms with van der Waals surface area (Å²) in [6.07, 6.45) is 10.6. The zero-order valence-electron chi connectivity index (χ0n) is 58.8. The summed E-state index contributed by atoms with van der Waals surface area (Å²) in [6.45, 7) is 9.55. The van der Waals surface area contributed by atoms with Crippen LogP contribution in [0.4, 0.5) is 51.2 Å². The second kappa shape index (κ2) is 26.1. The molecular weight excluding hydrogens is 1330 g/mol. The van der Waals surface area contributed by atoms with Gasteiger partial charge in [0.2, 0.25) is 0 Å². The molecule has 0 aliphatic carbocycles. The van der Waals surface area contributed by atoms with E-state index in [0.29, 0.717) is 0 Å². The van der Waals surface area contributed by atoms with E-state index < -0.39 is 8.07 Å². The molecule has 21 rings (SSSR count). The fourth-order valence-electron chi connectivity index (χ4n) is 16.5. The maximum absolute atomic E-state index is 4.56. The van der Waals surface area contributed by atoms with Crippen molar-refractivity contribution in [3.63, 3.8) is 0 Å². The lowest BCUT2D eigenvalue weighted by atomic mass is 9.73. The summed E-state index contributed by atoms with van der Waals surface area (Å²) < 4.78 is 0. The molecule has 3 aliphatic heterocycles. The van der Waals surface area contributed by atoms with Crippen molar-refractivity contribution in [2.75, 3.05) is 14.7 Å². The molecule has 0 radical (unpaired) electrons. The van der Waals surface area contributed by atoms with Gasteiger partial charge in [-0.05, 0) is 190 Å². The summed E-state index contributed by atoms with van der Waals surface area (Å²) in [6, 6.07) is 111. The average Bonchev–Trinajstić information content (AvgIpc) is 0.728. The maximum Gasteiger partial charge on any atom is 0.117 e. The molecule has 3 aromatic heterocycles. The van der Waals surface area contributed by atoms with Crippen molar-refractivity contribution in [3.8, 4) is 33.4 Å². The Balaban J connectivity index is 0.000000109. The normalized spacial score (nSPS) is 13.5. The van der Waals surface area contributed by atoms with E-state index in [1.54, 1.807) is 19.0 Å². The van der Waals surface area contributed by atoms with E-state index >= 15 is 0 Å². The van der Waals surface area contributed by atoms with Crippen LogP contribution in [0.5, 0.6) is 0 Å². The SMILES string of the molecule is CC1(C)c2ccccc2N(c2ccc(-c3cc4ncncc4c4ccccc34)cc2)c2ccccc21.C[Si]1(C)c2ccccc2N(c2ccc(-c3cc4ncncc4c4ccccc34)cc2)c2ccccc21.c1ccc2c(c1)Sc1ccccc1N2c1ccc(-c2cc3ncncc3c3ccccc23)cc1. The number of benzene rings is 15. The first kappa shape index (κ1) is 63.9. The minimum absolute atomic E-state index is 0.0600. The molecule has 18 aromatic rings. The first-order chi connectivity index (χ1) is 52.1. The highest BCUT2D eigenvalue weighted by atomic mass is 32.2. The first-order valence-corrected chi connectivity index (χ1v) is 39.7. The molecule has 0 amide bonds. The van der Waals surface area contributed by atoms with Crippen LogP contribution in [0.3, 0.4) is 0 Å². The van der Waals surface area contributed by atoms with Gasteiger partial charge in [0.1, 0.15) is 27.1 Å². The predicted molar refractivity (Wildman–Crippen MR) is 444 cm³/mol. The van der Waals surface area contributed by atoms with Crippen molar-refractivity contribution >= 4 is 146 Å². The largest absolute Gasteiger partial charge is 0.311 e. The molecule has 6 heterocycles. The van der Waals surface area contributed by atoms with Gasteiger partial charge in [0, 0.05) is 78.4 Å². The van der Waals surface area contributed by atoms with Crippen LogP contribution in [0.15, 0.2) is 357 Å². The number of anilines is 9. The van der Waals surface area contributed by atoms with Gasteiger partial charge >= 0.3 is 0 Å². The van der Waals surface area contributed by atoms with E-state index in [0.717, 1.165) is 44.1 Å². The van der Waals surface area contributed by atoms with Crippen LogP contribution in [0.1, 0.15) is 25.0 Å². The number of fused-ring (bicyclic) bond motifs is 15. The molecule has 9 nitrogen and oxygen atoms in total. The van der Waals surface area contributed by atoms with Crippen molar-refractivity contribution < 1.29 is 0 Å². The summed E-state index contributed by atoms with van der Waals surface area (Å²) in [7, 11) is -1.78. The van der Waals surface area contributed by atoms with E-state index in [1.165, 1.54) is 137 Å². The molecule has 0 N–H and O–H groups in total. The van der Waals surface area contributed by atoms with Gasteiger partial charge in [0.05, 0.1) is 39.3 Å². The molecule has 504 valence electrons. The standard InChI is InChI=1S/C33H25N3.C32H25N3Si.C30H19N3S/c1-33(2)28-11-5-7-13-31(28)36(32-14-8-6-12-29(32)33)23-17-15-22(16-18-23)26-19-30-27(20-34-21-35-30)25-10-4-3-9-24(25)26;1-36(2)31-13-7-5-11-29(31)35(30-12-6-8-14-32(30)36)23-17-15-22(16-18-23)26-19-28-27(20-33-21-34-28)25-10-4-3-9-24(25)26;1-2-8-23-22(7-1)24(17-26-25(23)18-31-19-32-26)20-13-15-21(16-14-20)33-27-9-3-5-11-29(27)34-30-12-6-4-10-28(30)33/h2*3-21H,1-2H3;1-19H. The van der Waals surface area contributed by atoms with Gasteiger partial charge in [-0.3, -0.25) is 0 Å². The van der Waals surface area contributed by atoms with E-state index in [2.05, 4.69) is 381 Å². The van der Waals surface area contributed by atoms with Gasteiger partial charge in [-0.25, -0.2) is 29.9 Å². The van der Waals surface area contributed by atoms with E-state index in [4.69, 9.17) is 0 Å². The lowest BCUT2D eigenvalue weighted by Gasteiger charge is -2.42. The number of hydrogen-bond donors (Lipinski definition) is 0. The molecule has 0 unspecified atom stereocenters. The molecule has 15 aromatic carbocycles. The third-order valence-electron chi connectivity index (χ3n) is 21.6. The molecule has 0 saturated carbocycles. The second-order valence-electron chi connectivity index (χ2n) is 28.3. The van der Waals surface area contributed by atoms with Crippen LogP contribution in [0, 0.1) is 0 Å². The highest BCUT2D eigenvalue weighted by molar-refractivity contribution is 7.99. The smallest absolute Gasteiger partial charge is 0.117 e. The Morgan fingerprint density at radius 3 is 0.934 bits per heavy atom. The molecule has 0 fully saturated rings. The van der Waals surface area contributed by atoms with Crippen molar-refractivity contribution in [1.82, 2.24) is 29.9 Å². The fraction of sp³-hybridized carbons (Fsp3) is 0.0526. The lowest BCUT2D eigenvalue weighted by Crippen LogP contribution is -2.58. The number of nitrogens with zero attached hydrogens (tertiary/aromatic N) is 9. The van der Waals surface area contributed by atoms with Gasteiger partial charge in [0.25, 0.3) is 0 Å². The van der Waals surface area contributed by atoms with Gasteiger partial charge in [-0.15, -0.1) is 0 Å². The van der Waals surface area contributed by atoms with E-state index in [1.807, 2.05) is 30.4 Å². The Hall–Kier alpha value is -12.9. The zero-order valence-corrected chi connectivity index (χ0v) is 60.7. The van der Waals surface area contributed by atoms with Crippen molar-refractivity contribution in [1.29, 1.82) is 0 Å². The van der Waals surface area contributed by atoms with Crippen LogP contribution in [-0.4, -0.2) is 38.0 Å². The molecule has 0 atom stereocenters. The molecule has 0 spiro atoms. The predicted octanol–water partition coefficient (Wildman–Crippen LogP) is 24.0. The van der Waals surface area contributed by atoms with Gasteiger partial charge in [0.15, 0.2) is 0 Å². The number of rotatable bonds is 6. The number of para-hydroxylation sites is 6. The van der Waals surface area contributed by atoms with E-state index in [9.17, 15) is 0 Å². The Morgan fingerprint density at radius 1 is 0.283 bits per heavy atom. The molecule has 0 bridgehead atoms. The summed E-state index contributed by atoms with van der Waals surface area (Å²) >= 11 is 1.83. The molecule has 106 heavy (non-hydrogen) atoms. The van der Waals surface area contributed by atoms with Gasteiger partial charge in [-0.2, -0.15) is 0 Å². The quantitative estimate of drug-likeness (QED) is 0.118. The van der Waals surface area contributed by atoms with Crippen molar-refractivity contribution in [2.45, 2.75) is 42.1 Å². The van der Waals surface area contributed by atoms with Crippen LogP contribution in [0.25, 0.3) is 98.4 Å². The summed E-state index contributed by atoms with van der Waals surface area (Å²) in [5.41, 5.74) is 23.6. The Bertz CT molecular complexity index is 6070. The molecule has 11 heteroatoms. The Kier molecular flexibility index (Phi) is 15.7. The molecule has 3 aliphatic rings. The topological polar surface area (TPSA) is 87.1 Å². The lowest BCUT2D eigenvalue weighted by molar-refractivity contribution is 0.632. The molecule has 0 saturated heterocycles. The summed E-state index contributed by atoms with van der Waals surface area (Å²) in [4.78, 5) is 36.1. The number of aromatic nitrogens is 6. The van der Waals surface area contributed by atoms with Crippen molar-refractivity contribution in [2.24, 2.45) is 0 Å². The van der Waals surface area contributed by atoms with Crippen LogP contribution in [-0.2, 0) is 5.41 Å². The summed E-state index contributed by atoms with van der Waals surface area (Å²) in [5.74, 6) is 0. The second-order valence-corrected chi connectivity index (χ2v) is 33.7.